The molecule has 0 unspecified atom stereocenters. The van der Waals surface area contributed by atoms with Crippen molar-refractivity contribution in [1.82, 2.24) is 0 Å². The van der Waals surface area contributed by atoms with Crippen LogP contribution in [0.3, 0.4) is 0 Å². The third kappa shape index (κ3) is 16.1. The summed E-state index contributed by atoms with van der Waals surface area (Å²) in [5.74, 6) is -0.879. The first-order valence-corrected chi connectivity index (χ1v) is 8.32. The fourth-order valence-corrected chi connectivity index (χ4v) is 2.00. The van der Waals surface area contributed by atoms with Crippen molar-refractivity contribution >= 4 is 5.97 Å². The van der Waals surface area contributed by atoms with Crippen LogP contribution in [-0.4, -0.2) is 11.1 Å². The Labute approximate surface area is 159 Å². The van der Waals surface area contributed by atoms with Crippen LogP contribution in [0.2, 0.25) is 0 Å². The van der Waals surface area contributed by atoms with E-state index in [0.29, 0.717) is 5.56 Å². The molecule has 1 N–H and O–H groups in total. The quantitative estimate of drug-likeness (QED) is 0.409. The molecule has 0 aliphatic rings. The fraction of sp³-hybridized carbons (Fsp3) is 0.579. The molecule has 3 heteroatoms. The van der Waals surface area contributed by atoms with Gasteiger partial charge in [-0.3, -0.25) is 0 Å². The second kappa shape index (κ2) is 18.7. The standard InChI is InChI=1S/C12H25.C7H6O2.Na/c1-3-5-7-9-11-12-10-8-6-4-2;8-7(9)6-4-2-1-3-5-6;/h7H,3-6,8-12H2,1-2H3;1-5H,(H,8,9);/q-1;;+1. The summed E-state index contributed by atoms with van der Waals surface area (Å²) in [6.45, 7) is 4.52. The van der Waals surface area contributed by atoms with E-state index in [1.54, 1.807) is 30.3 Å². The number of rotatable bonds is 10. The van der Waals surface area contributed by atoms with E-state index in [0.717, 1.165) is 0 Å². The summed E-state index contributed by atoms with van der Waals surface area (Å²) in [4.78, 5) is 10.2. The van der Waals surface area contributed by atoms with Gasteiger partial charge < -0.3 is 11.5 Å². The Morgan fingerprint density at radius 1 is 0.909 bits per heavy atom. The van der Waals surface area contributed by atoms with Crippen molar-refractivity contribution in [1.29, 1.82) is 0 Å². The number of carboxylic acids is 1. The van der Waals surface area contributed by atoms with E-state index in [4.69, 9.17) is 5.11 Å². The SMILES string of the molecule is CCC[CH-]CCCCCCCC.O=C(O)c1ccccc1.[Na+]. The predicted molar refractivity (Wildman–Crippen MR) is 90.6 cm³/mol. The zero-order chi connectivity index (χ0) is 15.8. The molecule has 22 heavy (non-hydrogen) atoms. The Hall–Kier alpha value is -0.310. The van der Waals surface area contributed by atoms with Gasteiger partial charge in [-0.25, -0.2) is 4.79 Å². The minimum Gasteiger partial charge on any atom is -0.478 e. The number of carboxylic acid groups (broad SMARTS) is 1. The average Bonchev–Trinajstić information content (AvgIpc) is 2.51. The zero-order valence-electron chi connectivity index (χ0n) is 14.7. The molecule has 0 spiro atoms. The molecule has 0 bridgehead atoms. The molecule has 0 radical (unpaired) electrons. The normalized spacial score (nSPS) is 9.36. The molecule has 0 saturated carbocycles. The van der Waals surface area contributed by atoms with Crippen LogP contribution in [0.1, 0.15) is 82.0 Å². The third-order valence-corrected chi connectivity index (χ3v) is 3.28. The van der Waals surface area contributed by atoms with Gasteiger partial charge in [0.15, 0.2) is 0 Å². The number of hydrogen-bond donors (Lipinski definition) is 1. The van der Waals surface area contributed by atoms with E-state index in [1.165, 1.54) is 57.8 Å². The molecular formula is C19H31NaO2. The van der Waals surface area contributed by atoms with Crippen LogP contribution in [-0.2, 0) is 0 Å². The van der Waals surface area contributed by atoms with Crippen LogP contribution in [0, 0.1) is 6.42 Å². The average molecular weight is 314 g/mol. The van der Waals surface area contributed by atoms with E-state index in [1.807, 2.05) is 0 Å². The molecule has 0 aliphatic carbocycles. The number of carbonyl (C=O) groups is 1. The molecular weight excluding hydrogens is 283 g/mol. The third-order valence-electron chi connectivity index (χ3n) is 3.28. The van der Waals surface area contributed by atoms with Crippen molar-refractivity contribution in [3.63, 3.8) is 0 Å². The van der Waals surface area contributed by atoms with Gasteiger partial charge in [0.2, 0.25) is 0 Å². The Balaban J connectivity index is 0. The summed E-state index contributed by atoms with van der Waals surface area (Å²) >= 11 is 0. The van der Waals surface area contributed by atoms with Crippen molar-refractivity contribution in [3.8, 4) is 0 Å². The maximum atomic E-state index is 10.2. The van der Waals surface area contributed by atoms with Gasteiger partial charge in [-0.15, -0.1) is 0 Å². The molecule has 0 atom stereocenters. The van der Waals surface area contributed by atoms with Gasteiger partial charge in [0.25, 0.3) is 0 Å². The largest absolute Gasteiger partial charge is 1.00 e. The van der Waals surface area contributed by atoms with Crippen molar-refractivity contribution in [2.75, 3.05) is 0 Å². The predicted octanol–water partition coefficient (Wildman–Crippen LogP) is 3.13. The fourth-order valence-electron chi connectivity index (χ4n) is 2.00. The van der Waals surface area contributed by atoms with Gasteiger partial charge in [-0.1, -0.05) is 77.0 Å². The summed E-state index contributed by atoms with van der Waals surface area (Å²) in [6.07, 6.45) is 15.0. The van der Waals surface area contributed by atoms with E-state index in [9.17, 15) is 4.79 Å². The smallest absolute Gasteiger partial charge is 0.478 e. The molecule has 0 aromatic heterocycles. The number of aromatic carboxylic acids is 1. The van der Waals surface area contributed by atoms with Crippen molar-refractivity contribution < 1.29 is 39.5 Å². The van der Waals surface area contributed by atoms with Crippen molar-refractivity contribution in [3.05, 3.63) is 42.3 Å². The number of benzene rings is 1. The van der Waals surface area contributed by atoms with Crippen LogP contribution in [0.4, 0.5) is 0 Å². The van der Waals surface area contributed by atoms with Crippen LogP contribution in [0.25, 0.3) is 0 Å². The second-order valence-electron chi connectivity index (χ2n) is 5.30. The number of unbranched alkanes of at least 4 members (excludes halogenated alkanes) is 9. The van der Waals surface area contributed by atoms with E-state index >= 15 is 0 Å². The van der Waals surface area contributed by atoms with Crippen molar-refractivity contribution in [2.24, 2.45) is 0 Å². The second-order valence-corrected chi connectivity index (χ2v) is 5.30. The molecule has 0 saturated heterocycles. The van der Waals surface area contributed by atoms with Gasteiger partial charge in [0, 0.05) is 0 Å². The van der Waals surface area contributed by atoms with Gasteiger partial charge in [0.05, 0.1) is 5.56 Å². The summed E-state index contributed by atoms with van der Waals surface area (Å²) in [6, 6.07) is 8.30. The number of hydrogen-bond acceptors (Lipinski definition) is 1. The van der Waals surface area contributed by atoms with Crippen LogP contribution >= 0.6 is 0 Å². The molecule has 120 valence electrons. The van der Waals surface area contributed by atoms with Crippen LogP contribution in [0.15, 0.2) is 30.3 Å². The Kier molecular flexibility index (Phi) is 20.4. The van der Waals surface area contributed by atoms with E-state index in [-0.39, 0.29) is 29.6 Å². The van der Waals surface area contributed by atoms with Crippen molar-refractivity contribution in [2.45, 2.75) is 71.6 Å². The van der Waals surface area contributed by atoms with E-state index in [2.05, 4.69) is 20.3 Å². The van der Waals surface area contributed by atoms with Gasteiger partial charge in [0.1, 0.15) is 0 Å². The first-order valence-electron chi connectivity index (χ1n) is 8.32. The Morgan fingerprint density at radius 3 is 2.00 bits per heavy atom. The molecule has 2 nitrogen and oxygen atoms in total. The van der Waals surface area contributed by atoms with Crippen LogP contribution in [0.5, 0.6) is 0 Å². The van der Waals surface area contributed by atoms with Gasteiger partial charge >= 0.3 is 35.5 Å². The zero-order valence-corrected chi connectivity index (χ0v) is 16.7. The summed E-state index contributed by atoms with van der Waals surface area (Å²) < 4.78 is 0. The molecule has 1 aromatic carbocycles. The monoisotopic (exact) mass is 314 g/mol. The molecule has 0 fully saturated rings. The molecule has 0 aliphatic heterocycles. The minimum atomic E-state index is -0.879. The molecule has 0 amide bonds. The molecule has 0 heterocycles. The minimum absolute atomic E-state index is 0. The maximum Gasteiger partial charge on any atom is 1.00 e. The van der Waals surface area contributed by atoms with Gasteiger partial charge in [-0.05, 0) is 12.1 Å². The summed E-state index contributed by atoms with van der Waals surface area (Å²) in [7, 11) is 0. The molecule has 1 aromatic rings. The first-order chi connectivity index (χ1) is 10.2. The molecule has 1 rings (SSSR count). The van der Waals surface area contributed by atoms with Gasteiger partial charge in [-0.2, -0.15) is 12.8 Å². The van der Waals surface area contributed by atoms with E-state index < -0.39 is 5.97 Å². The summed E-state index contributed by atoms with van der Waals surface area (Å²) in [5.41, 5.74) is 0.331. The Morgan fingerprint density at radius 2 is 1.50 bits per heavy atom. The summed E-state index contributed by atoms with van der Waals surface area (Å²) in [5, 5.41) is 8.38. The topological polar surface area (TPSA) is 37.3 Å². The Bertz CT molecular complexity index is 329. The first kappa shape index (κ1) is 23.9. The maximum absolute atomic E-state index is 10.2. The van der Waals surface area contributed by atoms with Crippen LogP contribution < -0.4 is 29.6 Å².